The van der Waals surface area contributed by atoms with Gasteiger partial charge in [0, 0.05) is 26.9 Å². The smallest absolute Gasteiger partial charge is 0.160 e. The van der Waals surface area contributed by atoms with E-state index in [1.54, 1.807) is 0 Å². The molecule has 0 fully saturated rings. The van der Waals surface area contributed by atoms with Crippen molar-refractivity contribution in [3.63, 3.8) is 0 Å². The molecule has 0 N–H and O–H groups in total. The van der Waals surface area contributed by atoms with Gasteiger partial charge in [0.2, 0.25) is 0 Å². The minimum absolute atomic E-state index is 0.717. The molecule has 2 nitrogen and oxygen atoms in total. The van der Waals surface area contributed by atoms with E-state index in [-0.39, 0.29) is 0 Å². The lowest BCUT2D eigenvalue weighted by Gasteiger charge is -2.12. The molecule has 0 aliphatic heterocycles. The van der Waals surface area contributed by atoms with Crippen molar-refractivity contribution >= 4 is 44.0 Å². The number of nitrogens with zero attached hydrogens (tertiary/aromatic N) is 2. The Labute approximate surface area is 219 Å². The van der Waals surface area contributed by atoms with Gasteiger partial charge in [0.1, 0.15) is 0 Å². The Morgan fingerprint density at radius 2 is 1.03 bits per heavy atom. The number of hydrogen-bond donors (Lipinski definition) is 0. The molecule has 7 rings (SSSR count). The Bertz CT molecular complexity index is 1920. The Hall–Kier alpha value is -4.53. The second-order valence-corrected chi connectivity index (χ2v) is 9.66. The maximum absolute atomic E-state index is 6.07. The molecule has 0 unspecified atom stereocenters. The first-order chi connectivity index (χ1) is 18.2. The highest BCUT2D eigenvalue weighted by Gasteiger charge is 2.14. The maximum atomic E-state index is 6.07. The molecule has 0 bridgehead atoms. The van der Waals surface area contributed by atoms with E-state index in [0.717, 1.165) is 55.1 Å². The van der Waals surface area contributed by atoms with Crippen LogP contribution in [-0.2, 0) is 0 Å². The first kappa shape index (κ1) is 21.7. The molecule has 37 heavy (non-hydrogen) atoms. The van der Waals surface area contributed by atoms with E-state index >= 15 is 0 Å². The van der Waals surface area contributed by atoms with Crippen LogP contribution in [0.3, 0.4) is 0 Å². The van der Waals surface area contributed by atoms with E-state index < -0.39 is 0 Å². The van der Waals surface area contributed by atoms with Crippen LogP contribution in [0.4, 0.5) is 0 Å². The summed E-state index contributed by atoms with van der Waals surface area (Å²) >= 11 is 6.07. The van der Waals surface area contributed by atoms with Crippen molar-refractivity contribution in [2.75, 3.05) is 0 Å². The summed E-state index contributed by atoms with van der Waals surface area (Å²) in [4.78, 5) is 10.2. The fourth-order valence-electron chi connectivity index (χ4n) is 5.00. The lowest BCUT2D eigenvalue weighted by atomic mass is 9.99. The van der Waals surface area contributed by atoms with E-state index in [2.05, 4.69) is 103 Å². The quantitative estimate of drug-likeness (QED) is 0.229. The van der Waals surface area contributed by atoms with Crippen molar-refractivity contribution in [2.24, 2.45) is 0 Å². The van der Waals surface area contributed by atoms with Crippen molar-refractivity contribution < 1.29 is 0 Å². The molecule has 6 aromatic carbocycles. The van der Waals surface area contributed by atoms with Gasteiger partial charge >= 0.3 is 0 Å². The van der Waals surface area contributed by atoms with Crippen LogP contribution < -0.4 is 0 Å². The van der Waals surface area contributed by atoms with E-state index in [1.165, 1.54) is 16.2 Å². The molecule has 0 spiro atoms. The van der Waals surface area contributed by atoms with Gasteiger partial charge in [-0.3, -0.25) is 0 Å². The highest BCUT2D eigenvalue weighted by molar-refractivity contribution is 6.30. The van der Waals surface area contributed by atoms with E-state index in [0.29, 0.717) is 0 Å². The van der Waals surface area contributed by atoms with Gasteiger partial charge in [-0.2, -0.15) is 0 Å². The molecule has 0 aliphatic carbocycles. The van der Waals surface area contributed by atoms with Crippen LogP contribution in [0.1, 0.15) is 0 Å². The average Bonchev–Trinajstić information content (AvgIpc) is 2.97. The van der Waals surface area contributed by atoms with Crippen LogP contribution in [0.25, 0.3) is 66.2 Å². The molecule has 0 aliphatic rings. The number of benzene rings is 6. The number of hydrogen-bond acceptors (Lipinski definition) is 2. The third-order valence-corrected chi connectivity index (χ3v) is 7.19. The monoisotopic (exact) mass is 492 g/mol. The standard InChI is InChI=1S/C34H21ClN2/c35-29-18-15-24(16-19-29)23-9-12-26(13-10-23)34-36-32(28-14-11-22-5-1-2-7-27(22)21-28)31-20-17-25-6-3-4-8-30(25)33(31)37-34/h1-21H. The molecule has 1 aromatic heterocycles. The zero-order chi connectivity index (χ0) is 24.8. The van der Waals surface area contributed by atoms with Crippen LogP contribution in [0.15, 0.2) is 127 Å². The molecule has 174 valence electrons. The summed E-state index contributed by atoms with van der Waals surface area (Å²) < 4.78 is 0. The Morgan fingerprint density at radius 1 is 0.432 bits per heavy atom. The van der Waals surface area contributed by atoms with Gasteiger partial charge in [-0.1, -0.05) is 115 Å². The van der Waals surface area contributed by atoms with Crippen molar-refractivity contribution in [3.8, 4) is 33.8 Å². The van der Waals surface area contributed by atoms with E-state index in [4.69, 9.17) is 21.6 Å². The van der Waals surface area contributed by atoms with Crippen molar-refractivity contribution in [2.45, 2.75) is 0 Å². The molecule has 0 amide bonds. The van der Waals surface area contributed by atoms with Gasteiger partial charge < -0.3 is 0 Å². The predicted octanol–water partition coefficient (Wildman–Crippen LogP) is 9.59. The van der Waals surface area contributed by atoms with Gasteiger partial charge in [0.05, 0.1) is 11.2 Å². The summed E-state index contributed by atoms with van der Waals surface area (Å²) in [5.41, 5.74) is 6.22. The van der Waals surface area contributed by atoms with Gasteiger partial charge in [0.25, 0.3) is 0 Å². The minimum Gasteiger partial charge on any atom is -0.227 e. The third-order valence-electron chi connectivity index (χ3n) is 6.93. The number of fused-ring (bicyclic) bond motifs is 4. The first-order valence-electron chi connectivity index (χ1n) is 12.3. The van der Waals surface area contributed by atoms with E-state index in [9.17, 15) is 0 Å². The molecule has 3 heteroatoms. The predicted molar refractivity (Wildman–Crippen MR) is 156 cm³/mol. The number of rotatable bonds is 3. The topological polar surface area (TPSA) is 25.8 Å². The van der Waals surface area contributed by atoms with Gasteiger partial charge in [-0.05, 0) is 51.6 Å². The van der Waals surface area contributed by atoms with Gasteiger partial charge in [0.15, 0.2) is 5.82 Å². The Morgan fingerprint density at radius 3 is 1.81 bits per heavy atom. The largest absolute Gasteiger partial charge is 0.227 e. The van der Waals surface area contributed by atoms with Gasteiger partial charge in [-0.15, -0.1) is 0 Å². The molecular formula is C34H21ClN2. The van der Waals surface area contributed by atoms with Gasteiger partial charge in [-0.25, -0.2) is 9.97 Å². The van der Waals surface area contributed by atoms with Crippen molar-refractivity contribution in [3.05, 3.63) is 132 Å². The second kappa shape index (κ2) is 8.85. The summed E-state index contributed by atoms with van der Waals surface area (Å²) in [7, 11) is 0. The van der Waals surface area contributed by atoms with Crippen LogP contribution in [0, 0.1) is 0 Å². The van der Waals surface area contributed by atoms with Crippen LogP contribution in [-0.4, -0.2) is 9.97 Å². The highest BCUT2D eigenvalue weighted by Crippen LogP contribution is 2.35. The molecule has 7 aromatic rings. The first-order valence-corrected chi connectivity index (χ1v) is 12.7. The SMILES string of the molecule is Clc1ccc(-c2ccc(-c3nc(-c4ccc5ccccc5c4)c4ccc5ccccc5c4n3)cc2)cc1. The summed E-state index contributed by atoms with van der Waals surface area (Å²) in [6.45, 7) is 0. The lowest BCUT2D eigenvalue weighted by Crippen LogP contribution is -1.96. The van der Waals surface area contributed by atoms with Crippen LogP contribution >= 0.6 is 11.6 Å². The maximum Gasteiger partial charge on any atom is 0.160 e. The number of halogens is 1. The molecular weight excluding hydrogens is 472 g/mol. The molecule has 0 saturated heterocycles. The number of aromatic nitrogens is 2. The molecule has 0 atom stereocenters. The lowest BCUT2D eigenvalue weighted by molar-refractivity contribution is 1.23. The molecule has 0 radical (unpaired) electrons. The summed E-state index contributed by atoms with van der Waals surface area (Å²) in [6, 6.07) is 44.0. The summed E-state index contributed by atoms with van der Waals surface area (Å²) in [6.07, 6.45) is 0. The minimum atomic E-state index is 0.717. The normalized spacial score (nSPS) is 11.4. The highest BCUT2D eigenvalue weighted by atomic mass is 35.5. The zero-order valence-electron chi connectivity index (χ0n) is 19.9. The van der Waals surface area contributed by atoms with Crippen molar-refractivity contribution in [1.82, 2.24) is 9.97 Å². The molecule has 1 heterocycles. The summed E-state index contributed by atoms with van der Waals surface area (Å²) in [5.74, 6) is 0.717. The van der Waals surface area contributed by atoms with Crippen molar-refractivity contribution in [1.29, 1.82) is 0 Å². The van der Waals surface area contributed by atoms with Crippen LogP contribution in [0.5, 0.6) is 0 Å². The second-order valence-electron chi connectivity index (χ2n) is 9.22. The molecule has 0 saturated carbocycles. The third kappa shape index (κ3) is 3.92. The Balaban J connectivity index is 1.44. The zero-order valence-corrected chi connectivity index (χ0v) is 20.7. The van der Waals surface area contributed by atoms with E-state index in [1.807, 2.05) is 24.3 Å². The Kier molecular flexibility index (Phi) is 5.20. The fourth-order valence-corrected chi connectivity index (χ4v) is 5.13. The van der Waals surface area contributed by atoms with Crippen LogP contribution in [0.2, 0.25) is 5.02 Å². The average molecular weight is 493 g/mol. The summed E-state index contributed by atoms with van der Waals surface area (Å²) in [5, 5.41) is 6.49. The fraction of sp³-hybridized carbons (Fsp3) is 0.